The first-order valence-electron chi connectivity index (χ1n) is 8.05. The van der Waals surface area contributed by atoms with E-state index in [4.69, 9.17) is 0 Å². The maximum absolute atomic E-state index is 12.6. The Bertz CT molecular complexity index is 530. The van der Waals surface area contributed by atoms with Crippen molar-refractivity contribution < 1.29 is 8.42 Å². The molecule has 0 bridgehead atoms. The summed E-state index contributed by atoms with van der Waals surface area (Å²) < 4.78 is 25.3. The van der Waals surface area contributed by atoms with E-state index >= 15 is 0 Å². The lowest BCUT2D eigenvalue weighted by atomic mass is 10.00. The highest BCUT2D eigenvalue weighted by atomic mass is 32.2. The monoisotopic (exact) mass is 309 g/mol. The molecule has 1 N–H and O–H groups in total. The molecule has 1 aliphatic carbocycles. The summed E-state index contributed by atoms with van der Waals surface area (Å²) in [5.74, 6) is 0.734. The molecule has 1 fully saturated rings. The SMILES string of the molecule is CCCNC(CS(=O)(=O)c1ccc(C)cc1)C1CCCC1. The average molecular weight is 309 g/mol. The van der Waals surface area contributed by atoms with Crippen LogP contribution in [-0.4, -0.2) is 26.8 Å². The van der Waals surface area contributed by atoms with Crippen LogP contribution >= 0.6 is 0 Å². The third-order valence-corrected chi connectivity index (χ3v) is 6.19. The van der Waals surface area contributed by atoms with Crippen LogP contribution in [0.25, 0.3) is 0 Å². The van der Waals surface area contributed by atoms with Gasteiger partial charge in [-0.25, -0.2) is 8.42 Å². The maximum atomic E-state index is 12.6. The molecule has 2 rings (SSSR count). The zero-order valence-corrected chi connectivity index (χ0v) is 14.0. The van der Waals surface area contributed by atoms with Gasteiger partial charge in [0.2, 0.25) is 0 Å². The Morgan fingerprint density at radius 1 is 1.19 bits per heavy atom. The quantitative estimate of drug-likeness (QED) is 0.840. The van der Waals surface area contributed by atoms with Gasteiger partial charge in [0.25, 0.3) is 0 Å². The Morgan fingerprint density at radius 2 is 1.81 bits per heavy atom. The van der Waals surface area contributed by atoms with Crippen molar-refractivity contribution in [3.63, 3.8) is 0 Å². The van der Waals surface area contributed by atoms with Gasteiger partial charge in [0.05, 0.1) is 10.6 Å². The summed E-state index contributed by atoms with van der Waals surface area (Å²) in [6.45, 7) is 4.98. The molecular weight excluding hydrogens is 282 g/mol. The van der Waals surface area contributed by atoms with Gasteiger partial charge in [0.15, 0.2) is 9.84 Å². The van der Waals surface area contributed by atoms with E-state index in [0.717, 1.165) is 31.4 Å². The van der Waals surface area contributed by atoms with Gasteiger partial charge in [-0.2, -0.15) is 0 Å². The number of aryl methyl sites for hydroxylation is 1. The molecule has 4 heteroatoms. The Morgan fingerprint density at radius 3 is 2.38 bits per heavy atom. The molecule has 0 heterocycles. The third kappa shape index (κ3) is 4.55. The molecule has 1 aromatic carbocycles. The van der Waals surface area contributed by atoms with Gasteiger partial charge in [0, 0.05) is 6.04 Å². The minimum Gasteiger partial charge on any atom is -0.313 e. The van der Waals surface area contributed by atoms with Gasteiger partial charge in [-0.05, 0) is 50.8 Å². The molecule has 0 spiro atoms. The second-order valence-corrected chi connectivity index (χ2v) is 8.23. The zero-order chi connectivity index (χ0) is 15.3. The smallest absolute Gasteiger partial charge is 0.179 e. The molecule has 1 aliphatic rings. The average Bonchev–Trinajstić information content (AvgIpc) is 2.98. The molecule has 118 valence electrons. The fourth-order valence-electron chi connectivity index (χ4n) is 3.13. The molecule has 21 heavy (non-hydrogen) atoms. The van der Waals surface area contributed by atoms with E-state index in [9.17, 15) is 8.42 Å². The molecule has 1 atom stereocenters. The largest absolute Gasteiger partial charge is 0.313 e. The molecule has 0 amide bonds. The van der Waals surface area contributed by atoms with Crippen LogP contribution in [0.1, 0.15) is 44.6 Å². The van der Waals surface area contributed by atoms with E-state index in [1.54, 1.807) is 12.1 Å². The van der Waals surface area contributed by atoms with Crippen molar-refractivity contribution in [2.45, 2.75) is 56.9 Å². The van der Waals surface area contributed by atoms with Gasteiger partial charge in [-0.3, -0.25) is 0 Å². The van der Waals surface area contributed by atoms with Crippen molar-refractivity contribution >= 4 is 9.84 Å². The highest BCUT2D eigenvalue weighted by molar-refractivity contribution is 7.91. The lowest BCUT2D eigenvalue weighted by Crippen LogP contribution is -2.41. The fourth-order valence-corrected chi connectivity index (χ4v) is 4.74. The Kier molecular flexibility index (Phi) is 5.82. The summed E-state index contributed by atoms with van der Waals surface area (Å²) in [6, 6.07) is 7.30. The first-order valence-corrected chi connectivity index (χ1v) is 9.71. The molecule has 1 unspecified atom stereocenters. The number of hydrogen-bond donors (Lipinski definition) is 1. The van der Waals surface area contributed by atoms with E-state index in [-0.39, 0.29) is 11.8 Å². The van der Waals surface area contributed by atoms with Crippen molar-refractivity contribution in [3.8, 4) is 0 Å². The predicted molar refractivity (Wildman–Crippen MR) is 87.3 cm³/mol. The molecule has 0 aromatic heterocycles. The van der Waals surface area contributed by atoms with Gasteiger partial charge < -0.3 is 5.32 Å². The fraction of sp³-hybridized carbons (Fsp3) is 0.647. The molecule has 0 aliphatic heterocycles. The first-order chi connectivity index (χ1) is 10.0. The number of nitrogens with one attached hydrogen (secondary N) is 1. The van der Waals surface area contributed by atoms with Crippen molar-refractivity contribution in [1.29, 1.82) is 0 Å². The van der Waals surface area contributed by atoms with Gasteiger partial charge in [-0.15, -0.1) is 0 Å². The number of hydrogen-bond acceptors (Lipinski definition) is 3. The summed E-state index contributed by atoms with van der Waals surface area (Å²) in [6.07, 6.45) is 5.82. The molecule has 0 radical (unpaired) electrons. The first kappa shape index (κ1) is 16.5. The second kappa shape index (κ2) is 7.41. The molecule has 3 nitrogen and oxygen atoms in total. The van der Waals surface area contributed by atoms with Crippen LogP contribution < -0.4 is 5.32 Å². The number of sulfone groups is 1. The maximum Gasteiger partial charge on any atom is 0.179 e. The van der Waals surface area contributed by atoms with Gasteiger partial charge in [-0.1, -0.05) is 37.5 Å². The van der Waals surface area contributed by atoms with Crippen LogP contribution in [0.15, 0.2) is 29.2 Å². The van der Waals surface area contributed by atoms with E-state index in [2.05, 4.69) is 12.2 Å². The van der Waals surface area contributed by atoms with Crippen molar-refractivity contribution in [3.05, 3.63) is 29.8 Å². The molecule has 0 saturated heterocycles. The minimum absolute atomic E-state index is 0.0961. The Hall–Kier alpha value is -0.870. The van der Waals surface area contributed by atoms with Crippen molar-refractivity contribution in [2.75, 3.05) is 12.3 Å². The summed E-state index contributed by atoms with van der Waals surface area (Å²) in [7, 11) is -3.21. The molecular formula is C17H27NO2S. The van der Waals surface area contributed by atoms with E-state index in [1.807, 2.05) is 19.1 Å². The standard InChI is InChI=1S/C17H27NO2S/c1-3-12-18-17(15-6-4-5-7-15)13-21(19,20)16-10-8-14(2)9-11-16/h8-11,15,17-18H,3-7,12-13H2,1-2H3. The topological polar surface area (TPSA) is 46.2 Å². The van der Waals surface area contributed by atoms with Crippen LogP contribution in [0.3, 0.4) is 0 Å². The highest BCUT2D eigenvalue weighted by Gasteiger charge is 2.29. The van der Waals surface area contributed by atoms with E-state index in [0.29, 0.717) is 10.8 Å². The van der Waals surface area contributed by atoms with Crippen LogP contribution in [0.2, 0.25) is 0 Å². The van der Waals surface area contributed by atoms with Crippen LogP contribution in [0, 0.1) is 12.8 Å². The van der Waals surface area contributed by atoms with E-state index < -0.39 is 9.84 Å². The Balaban J connectivity index is 2.11. The zero-order valence-electron chi connectivity index (χ0n) is 13.1. The van der Waals surface area contributed by atoms with Gasteiger partial charge in [0.1, 0.15) is 0 Å². The van der Waals surface area contributed by atoms with Crippen molar-refractivity contribution in [1.82, 2.24) is 5.32 Å². The number of rotatable bonds is 7. The molecule has 1 saturated carbocycles. The highest BCUT2D eigenvalue weighted by Crippen LogP contribution is 2.29. The summed E-state index contributed by atoms with van der Waals surface area (Å²) in [5.41, 5.74) is 1.09. The van der Waals surface area contributed by atoms with Crippen LogP contribution in [0.4, 0.5) is 0 Å². The van der Waals surface area contributed by atoms with Crippen LogP contribution in [0.5, 0.6) is 0 Å². The third-order valence-electron chi connectivity index (χ3n) is 4.40. The normalized spacial score (nSPS) is 18.0. The summed E-state index contributed by atoms with van der Waals surface area (Å²) in [4.78, 5) is 0.453. The van der Waals surface area contributed by atoms with Gasteiger partial charge >= 0.3 is 0 Å². The summed E-state index contributed by atoms with van der Waals surface area (Å²) in [5, 5.41) is 3.47. The Labute approximate surface area is 129 Å². The van der Waals surface area contributed by atoms with Crippen LogP contribution in [-0.2, 0) is 9.84 Å². The summed E-state index contributed by atoms with van der Waals surface area (Å²) >= 11 is 0. The lowest BCUT2D eigenvalue weighted by Gasteiger charge is -2.24. The molecule has 1 aromatic rings. The van der Waals surface area contributed by atoms with Crippen molar-refractivity contribution in [2.24, 2.45) is 5.92 Å². The van der Waals surface area contributed by atoms with E-state index in [1.165, 1.54) is 12.8 Å². The minimum atomic E-state index is -3.21. The predicted octanol–water partition coefficient (Wildman–Crippen LogP) is 3.33. The second-order valence-electron chi connectivity index (χ2n) is 6.20. The number of benzene rings is 1. The lowest BCUT2D eigenvalue weighted by molar-refractivity contribution is 0.382.